The predicted molar refractivity (Wildman–Crippen MR) is 73.7 cm³/mol. The molecule has 1 aliphatic carbocycles. The highest BCUT2D eigenvalue weighted by atomic mass is 16.5. The first-order valence-corrected chi connectivity index (χ1v) is 6.56. The van der Waals surface area contributed by atoms with E-state index in [-0.39, 0.29) is 17.5 Å². The van der Waals surface area contributed by atoms with Crippen LogP contribution in [-0.2, 0) is 9.47 Å². The number of methoxy groups -OCH3 is 2. The molecule has 2 unspecified atom stereocenters. The molecule has 1 aliphatic rings. The van der Waals surface area contributed by atoms with Gasteiger partial charge < -0.3 is 19.9 Å². The Kier molecular flexibility index (Phi) is 4.13. The average molecular weight is 280 g/mol. The quantitative estimate of drug-likeness (QED) is 0.846. The minimum absolute atomic E-state index is 0.107. The summed E-state index contributed by atoms with van der Waals surface area (Å²) < 4.78 is 16.1. The van der Waals surface area contributed by atoms with Crippen LogP contribution in [0.1, 0.15) is 36.5 Å². The molecule has 6 nitrogen and oxygen atoms in total. The van der Waals surface area contributed by atoms with Gasteiger partial charge in [0.05, 0.1) is 12.7 Å². The zero-order valence-corrected chi connectivity index (χ0v) is 12.0. The maximum atomic E-state index is 11.5. The van der Waals surface area contributed by atoms with Gasteiger partial charge in [0, 0.05) is 19.4 Å². The molecule has 1 aromatic rings. The number of aromatic nitrogens is 1. The van der Waals surface area contributed by atoms with Crippen molar-refractivity contribution in [1.29, 1.82) is 0 Å². The van der Waals surface area contributed by atoms with Crippen molar-refractivity contribution in [3.8, 4) is 5.75 Å². The van der Waals surface area contributed by atoms with E-state index in [1.54, 1.807) is 13.2 Å². The largest absolute Gasteiger partial charge is 0.484 e. The van der Waals surface area contributed by atoms with Gasteiger partial charge in [-0.25, -0.2) is 9.78 Å². The lowest BCUT2D eigenvalue weighted by atomic mass is 10.0. The van der Waals surface area contributed by atoms with Crippen molar-refractivity contribution in [2.45, 2.75) is 37.9 Å². The standard InChI is InChI=1S/C14H20N2O4/c1-14(19-3)6-4-5-11(14)20-10-7-9(13(17)18-2)8-16-12(10)15/h7-8,11H,4-6H2,1-3H3,(H2,15,16). The van der Waals surface area contributed by atoms with Gasteiger partial charge in [-0.1, -0.05) is 0 Å². The van der Waals surface area contributed by atoms with Crippen molar-refractivity contribution in [1.82, 2.24) is 4.98 Å². The second-order valence-electron chi connectivity index (χ2n) is 5.11. The molecular formula is C14H20N2O4. The van der Waals surface area contributed by atoms with E-state index in [1.807, 2.05) is 6.92 Å². The number of carbonyl (C=O) groups is 1. The molecule has 0 amide bonds. The summed E-state index contributed by atoms with van der Waals surface area (Å²) in [6.45, 7) is 2.01. The van der Waals surface area contributed by atoms with Crippen molar-refractivity contribution < 1.29 is 19.0 Å². The van der Waals surface area contributed by atoms with Crippen molar-refractivity contribution in [3.05, 3.63) is 17.8 Å². The number of carbonyl (C=O) groups excluding carboxylic acids is 1. The lowest BCUT2D eigenvalue weighted by Gasteiger charge is -2.30. The van der Waals surface area contributed by atoms with Crippen LogP contribution >= 0.6 is 0 Å². The number of hydrogen-bond acceptors (Lipinski definition) is 6. The number of anilines is 1. The Morgan fingerprint density at radius 1 is 1.50 bits per heavy atom. The van der Waals surface area contributed by atoms with E-state index in [4.69, 9.17) is 15.2 Å². The summed E-state index contributed by atoms with van der Waals surface area (Å²) >= 11 is 0. The van der Waals surface area contributed by atoms with Gasteiger partial charge in [-0.3, -0.25) is 0 Å². The molecule has 0 bridgehead atoms. The smallest absolute Gasteiger partial charge is 0.339 e. The highest BCUT2D eigenvalue weighted by Crippen LogP contribution is 2.36. The van der Waals surface area contributed by atoms with Gasteiger partial charge in [-0.05, 0) is 26.2 Å². The molecular weight excluding hydrogens is 260 g/mol. The third kappa shape index (κ3) is 2.70. The van der Waals surface area contributed by atoms with Crippen LogP contribution in [0.5, 0.6) is 5.75 Å². The number of pyridine rings is 1. The fraction of sp³-hybridized carbons (Fsp3) is 0.571. The molecule has 6 heteroatoms. The van der Waals surface area contributed by atoms with E-state index >= 15 is 0 Å². The Labute approximate surface area is 118 Å². The molecule has 1 fully saturated rings. The Hall–Kier alpha value is -1.82. The summed E-state index contributed by atoms with van der Waals surface area (Å²) in [6.07, 6.45) is 4.10. The maximum Gasteiger partial charge on any atom is 0.339 e. The minimum Gasteiger partial charge on any atom is -0.484 e. The highest BCUT2D eigenvalue weighted by Gasteiger charge is 2.41. The second kappa shape index (κ2) is 5.66. The molecule has 0 aliphatic heterocycles. The molecule has 0 spiro atoms. The normalized spacial score (nSPS) is 25.4. The first kappa shape index (κ1) is 14.6. The molecule has 1 heterocycles. The SMILES string of the molecule is COC(=O)c1cnc(N)c(OC2CCCC2(C)OC)c1. The van der Waals surface area contributed by atoms with Crippen LogP contribution in [0.2, 0.25) is 0 Å². The van der Waals surface area contributed by atoms with Crippen molar-refractivity contribution in [2.75, 3.05) is 20.0 Å². The van der Waals surface area contributed by atoms with Crippen LogP contribution < -0.4 is 10.5 Å². The molecule has 0 aromatic carbocycles. The molecule has 2 atom stereocenters. The van der Waals surface area contributed by atoms with Crippen LogP contribution in [0.15, 0.2) is 12.3 Å². The monoisotopic (exact) mass is 280 g/mol. The number of hydrogen-bond donors (Lipinski definition) is 1. The van der Waals surface area contributed by atoms with Gasteiger partial charge in [0.2, 0.25) is 0 Å². The van der Waals surface area contributed by atoms with E-state index in [1.165, 1.54) is 13.3 Å². The van der Waals surface area contributed by atoms with E-state index in [9.17, 15) is 4.79 Å². The topological polar surface area (TPSA) is 83.7 Å². The van der Waals surface area contributed by atoms with Crippen molar-refractivity contribution in [3.63, 3.8) is 0 Å². The Morgan fingerprint density at radius 3 is 2.90 bits per heavy atom. The second-order valence-corrected chi connectivity index (χ2v) is 5.11. The summed E-state index contributed by atoms with van der Waals surface area (Å²) in [5.74, 6) is 0.175. The van der Waals surface area contributed by atoms with Crippen molar-refractivity contribution >= 4 is 11.8 Å². The summed E-state index contributed by atoms with van der Waals surface area (Å²) in [5, 5.41) is 0. The summed E-state index contributed by atoms with van der Waals surface area (Å²) in [5.41, 5.74) is 5.78. The van der Waals surface area contributed by atoms with Gasteiger partial charge in [0.15, 0.2) is 11.6 Å². The zero-order chi connectivity index (χ0) is 14.8. The third-order valence-corrected chi connectivity index (χ3v) is 3.86. The fourth-order valence-electron chi connectivity index (χ4n) is 2.45. The Bertz CT molecular complexity index is 506. The van der Waals surface area contributed by atoms with Crippen LogP contribution in [-0.4, -0.2) is 36.9 Å². The molecule has 0 radical (unpaired) electrons. The fourth-order valence-corrected chi connectivity index (χ4v) is 2.45. The molecule has 110 valence electrons. The minimum atomic E-state index is -0.469. The molecule has 2 N–H and O–H groups in total. The van der Waals surface area contributed by atoms with Gasteiger partial charge >= 0.3 is 5.97 Å². The Balaban J connectivity index is 2.22. The van der Waals surface area contributed by atoms with Gasteiger partial charge in [0.25, 0.3) is 0 Å². The highest BCUT2D eigenvalue weighted by molar-refractivity contribution is 5.89. The summed E-state index contributed by atoms with van der Waals surface area (Å²) in [6, 6.07) is 1.56. The zero-order valence-electron chi connectivity index (χ0n) is 12.0. The third-order valence-electron chi connectivity index (χ3n) is 3.86. The number of ether oxygens (including phenoxy) is 3. The number of rotatable bonds is 4. The van der Waals surface area contributed by atoms with E-state index in [0.29, 0.717) is 11.3 Å². The van der Waals surface area contributed by atoms with Gasteiger partial charge in [0.1, 0.15) is 11.7 Å². The number of esters is 1. The molecule has 20 heavy (non-hydrogen) atoms. The number of nitrogen functional groups attached to an aromatic ring is 1. The first-order valence-electron chi connectivity index (χ1n) is 6.56. The van der Waals surface area contributed by atoms with Gasteiger partial charge in [-0.2, -0.15) is 0 Å². The lowest BCUT2D eigenvalue weighted by Crippen LogP contribution is -2.40. The number of nitrogens with two attached hydrogens (primary N) is 1. The predicted octanol–water partition coefficient (Wildman–Crippen LogP) is 1.79. The molecule has 1 saturated carbocycles. The van der Waals surface area contributed by atoms with E-state index < -0.39 is 5.97 Å². The summed E-state index contributed by atoms with van der Waals surface area (Å²) in [7, 11) is 2.99. The maximum absolute atomic E-state index is 11.5. The average Bonchev–Trinajstić information content (AvgIpc) is 2.82. The molecule has 2 rings (SSSR count). The van der Waals surface area contributed by atoms with Crippen LogP contribution in [0.3, 0.4) is 0 Å². The lowest BCUT2D eigenvalue weighted by molar-refractivity contribution is -0.0589. The van der Waals surface area contributed by atoms with E-state index in [2.05, 4.69) is 9.72 Å². The summed E-state index contributed by atoms with van der Waals surface area (Å²) in [4.78, 5) is 15.5. The van der Waals surface area contributed by atoms with Crippen LogP contribution in [0, 0.1) is 0 Å². The van der Waals surface area contributed by atoms with Crippen molar-refractivity contribution in [2.24, 2.45) is 0 Å². The molecule has 0 saturated heterocycles. The molecule has 1 aromatic heterocycles. The first-order chi connectivity index (χ1) is 9.50. The Morgan fingerprint density at radius 2 is 2.25 bits per heavy atom. The van der Waals surface area contributed by atoms with Crippen LogP contribution in [0.4, 0.5) is 5.82 Å². The van der Waals surface area contributed by atoms with E-state index in [0.717, 1.165) is 19.3 Å². The number of nitrogens with zero attached hydrogens (tertiary/aromatic N) is 1. The van der Waals surface area contributed by atoms with Crippen LogP contribution in [0.25, 0.3) is 0 Å². The van der Waals surface area contributed by atoms with Gasteiger partial charge in [-0.15, -0.1) is 0 Å².